The normalized spacial score (nSPS) is 13.1. The molecule has 0 atom stereocenters. The van der Waals surface area contributed by atoms with E-state index in [0.29, 0.717) is 33.1 Å². The molecule has 3 aromatic rings. The molecule has 1 amide bonds. The molecule has 0 fully saturated rings. The largest absolute Gasteiger partial charge is 0.482 e. The van der Waals surface area contributed by atoms with Gasteiger partial charge >= 0.3 is 0 Å². The van der Waals surface area contributed by atoms with Crippen LogP contribution in [0.25, 0.3) is 10.9 Å². The minimum atomic E-state index is -0.252. The topological polar surface area (TPSA) is 90.3 Å². The van der Waals surface area contributed by atoms with Crippen molar-refractivity contribution >= 4 is 40.0 Å². The van der Waals surface area contributed by atoms with Gasteiger partial charge in [-0.2, -0.15) is 0 Å². The number of nitrogens with one attached hydrogen (secondary N) is 1. The quantitative estimate of drug-likeness (QED) is 0.395. The monoisotopic (exact) mass is 409 g/mol. The molecule has 0 spiro atoms. The molecule has 29 heavy (non-hydrogen) atoms. The number of carbonyl (C=O) groups excluding carboxylic acids is 2. The second kappa shape index (κ2) is 7.71. The van der Waals surface area contributed by atoms with Crippen molar-refractivity contribution in [3.05, 3.63) is 58.4 Å². The molecule has 1 aliphatic heterocycles. The molecule has 148 valence electrons. The van der Waals surface area contributed by atoms with Gasteiger partial charge in [-0.05, 0) is 44.2 Å². The predicted octanol–water partition coefficient (Wildman–Crippen LogP) is 3.28. The van der Waals surface area contributed by atoms with Crippen LogP contribution in [0.4, 0.5) is 5.69 Å². The van der Waals surface area contributed by atoms with Crippen molar-refractivity contribution in [2.24, 2.45) is 0 Å². The maximum Gasteiger partial charge on any atom is 0.262 e. The number of ketones is 1. The average Bonchev–Trinajstić information content (AvgIpc) is 2.71. The molecule has 1 aliphatic rings. The first-order valence-electron chi connectivity index (χ1n) is 9.18. The second-order valence-corrected chi connectivity index (χ2v) is 7.88. The molecule has 1 N–H and O–H groups in total. The van der Waals surface area contributed by atoms with Gasteiger partial charge in [-0.3, -0.25) is 19.0 Å². The Kier molecular flexibility index (Phi) is 5.10. The van der Waals surface area contributed by atoms with Crippen LogP contribution in [-0.4, -0.2) is 33.6 Å². The lowest BCUT2D eigenvalue weighted by molar-refractivity contribution is -0.118. The molecule has 0 saturated heterocycles. The fourth-order valence-corrected chi connectivity index (χ4v) is 4.18. The van der Waals surface area contributed by atoms with Crippen molar-refractivity contribution in [3.63, 3.8) is 0 Å². The summed E-state index contributed by atoms with van der Waals surface area (Å²) < 4.78 is 6.93. The van der Waals surface area contributed by atoms with E-state index in [-0.39, 0.29) is 35.7 Å². The first-order chi connectivity index (χ1) is 13.9. The van der Waals surface area contributed by atoms with E-state index in [1.165, 1.54) is 11.8 Å². The zero-order valence-electron chi connectivity index (χ0n) is 16.0. The number of nitrogens with zero attached hydrogens (tertiary/aromatic N) is 2. The molecule has 0 aliphatic carbocycles. The highest BCUT2D eigenvalue weighted by molar-refractivity contribution is 7.99. The number of Topliss-reactive ketones (excluding diaryl/α,β-unsaturated/α-hetero) is 1. The smallest absolute Gasteiger partial charge is 0.262 e. The zero-order chi connectivity index (χ0) is 20.5. The van der Waals surface area contributed by atoms with Crippen LogP contribution >= 0.6 is 11.8 Å². The fraction of sp³-hybridized carbons (Fsp3) is 0.238. The van der Waals surface area contributed by atoms with Crippen molar-refractivity contribution in [1.82, 2.24) is 9.55 Å². The second-order valence-electron chi connectivity index (χ2n) is 6.94. The molecule has 7 nitrogen and oxygen atoms in total. The third-order valence-corrected chi connectivity index (χ3v) is 5.51. The van der Waals surface area contributed by atoms with Crippen molar-refractivity contribution < 1.29 is 14.3 Å². The first kappa shape index (κ1) is 19.2. The van der Waals surface area contributed by atoms with Crippen LogP contribution in [-0.2, 0) is 4.79 Å². The van der Waals surface area contributed by atoms with E-state index in [1.807, 2.05) is 26.0 Å². The molecule has 0 bridgehead atoms. The summed E-state index contributed by atoms with van der Waals surface area (Å²) >= 11 is 1.23. The Labute approximate surface area is 171 Å². The fourth-order valence-electron chi connectivity index (χ4n) is 3.15. The van der Waals surface area contributed by atoms with Gasteiger partial charge in [0.1, 0.15) is 5.75 Å². The molecular weight excluding hydrogens is 390 g/mol. The number of para-hydroxylation sites is 1. The van der Waals surface area contributed by atoms with Gasteiger partial charge in [0, 0.05) is 11.6 Å². The minimum Gasteiger partial charge on any atom is -0.482 e. The van der Waals surface area contributed by atoms with E-state index in [0.717, 1.165) is 0 Å². The number of carbonyl (C=O) groups is 2. The Morgan fingerprint density at radius 3 is 2.83 bits per heavy atom. The van der Waals surface area contributed by atoms with E-state index >= 15 is 0 Å². The van der Waals surface area contributed by atoms with E-state index in [4.69, 9.17) is 4.74 Å². The van der Waals surface area contributed by atoms with Crippen LogP contribution in [0.1, 0.15) is 30.2 Å². The molecule has 8 heteroatoms. The van der Waals surface area contributed by atoms with Gasteiger partial charge in [0.05, 0.1) is 22.3 Å². The van der Waals surface area contributed by atoms with E-state index in [9.17, 15) is 14.4 Å². The number of fused-ring (bicyclic) bond motifs is 2. The number of anilines is 1. The lowest BCUT2D eigenvalue weighted by Crippen LogP contribution is -2.26. The van der Waals surface area contributed by atoms with E-state index in [2.05, 4.69) is 10.3 Å². The first-order valence-corrected chi connectivity index (χ1v) is 10.2. The maximum absolute atomic E-state index is 12.9. The summed E-state index contributed by atoms with van der Waals surface area (Å²) in [6.07, 6.45) is 0. The number of benzene rings is 2. The number of ether oxygens (including phenoxy) is 1. The number of aromatic nitrogens is 2. The Morgan fingerprint density at radius 1 is 1.24 bits per heavy atom. The molecule has 2 heterocycles. The van der Waals surface area contributed by atoms with Crippen LogP contribution in [0.15, 0.2) is 52.4 Å². The summed E-state index contributed by atoms with van der Waals surface area (Å²) in [5.41, 5.74) is 1.44. The average molecular weight is 409 g/mol. The van der Waals surface area contributed by atoms with Gasteiger partial charge in [0.15, 0.2) is 17.5 Å². The number of hydrogen-bond donors (Lipinski definition) is 1. The van der Waals surface area contributed by atoms with Crippen LogP contribution in [0.2, 0.25) is 0 Å². The molecule has 4 rings (SSSR count). The van der Waals surface area contributed by atoms with Gasteiger partial charge in [0.2, 0.25) is 0 Å². The number of hydrogen-bond acceptors (Lipinski definition) is 6. The summed E-state index contributed by atoms with van der Waals surface area (Å²) in [5.74, 6) is 0.275. The van der Waals surface area contributed by atoms with Crippen LogP contribution in [0, 0.1) is 0 Å². The van der Waals surface area contributed by atoms with E-state index < -0.39 is 0 Å². The summed E-state index contributed by atoms with van der Waals surface area (Å²) in [6.45, 7) is 3.79. The van der Waals surface area contributed by atoms with Crippen molar-refractivity contribution in [2.75, 3.05) is 17.7 Å². The molecule has 0 unspecified atom stereocenters. The Morgan fingerprint density at radius 2 is 2.03 bits per heavy atom. The highest BCUT2D eigenvalue weighted by Crippen LogP contribution is 2.29. The third-order valence-electron chi connectivity index (χ3n) is 4.56. The van der Waals surface area contributed by atoms with Crippen LogP contribution < -0.4 is 15.6 Å². The van der Waals surface area contributed by atoms with Gasteiger partial charge < -0.3 is 10.1 Å². The van der Waals surface area contributed by atoms with Crippen molar-refractivity contribution in [2.45, 2.75) is 25.0 Å². The Hall–Kier alpha value is -3.13. The van der Waals surface area contributed by atoms with Crippen LogP contribution in [0.3, 0.4) is 0 Å². The van der Waals surface area contributed by atoms with Gasteiger partial charge in [-0.25, -0.2) is 4.98 Å². The molecule has 2 aromatic carbocycles. The number of rotatable bonds is 5. The highest BCUT2D eigenvalue weighted by Gasteiger charge is 2.19. The molecule has 0 saturated carbocycles. The molecular formula is C21H19N3O4S. The van der Waals surface area contributed by atoms with Crippen molar-refractivity contribution in [3.8, 4) is 5.75 Å². The summed E-state index contributed by atoms with van der Waals surface area (Å²) in [5, 5.41) is 3.76. The molecule has 0 radical (unpaired) electrons. The van der Waals surface area contributed by atoms with Crippen LogP contribution in [0.5, 0.6) is 5.75 Å². The predicted molar refractivity (Wildman–Crippen MR) is 112 cm³/mol. The third kappa shape index (κ3) is 3.75. The maximum atomic E-state index is 12.9. The number of thioether (sulfide) groups is 1. The summed E-state index contributed by atoms with van der Waals surface area (Å²) in [7, 11) is 0. The van der Waals surface area contributed by atoms with Gasteiger partial charge in [-0.1, -0.05) is 23.9 Å². The Bertz CT molecular complexity index is 1190. The minimum absolute atomic E-state index is 0.0312. The van der Waals surface area contributed by atoms with Gasteiger partial charge in [0.25, 0.3) is 11.5 Å². The standard InChI is InChI=1S/C21H19N3O4S/c1-12(2)24-20(27)14-5-3-4-6-15(14)23-21(24)29-11-17(25)13-7-8-18-16(9-13)22-19(26)10-28-18/h3-9,12H,10-11H2,1-2H3,(H,22,26). The highest BCUT2D eigenvalue weighted by atomic mass is 32.2. The lowest BCUT2D eigenvalue weighted by atomic mass is 10.1. The summed E-state index contributed by atoms with van der Waals surface area (Å²) in [4.78, 5) is 41.7. The van der Waals surface area contributed by atoms with Crippen molar-refractivity contribution in [1.29, 1.82) is 0 Å². The number of amides is 1. The lowest BCUT2D eigenvalue weighted by Gasteiger charge is -2.18. The van der Waals surface area contributed by atoms with E-state index in [1.54, 1.807) is 34.9 Å². The zero-order valence-corrected chi connectivity index (χ0v) is 16.8. The Balaban J connectivity index is 1.60. The SMILES string of the molecule is CC(C)n1c(SCC(=O)c2ccc3c(c2)NC(=O)CO3)nc2ccccc2c1=O. The van der Waals surface area contributed by atoms with Gasteiger partial charge in [-0.15, -0.1) is 0 Å². The molecule has 1 aromatic heterocycles. The summed E-state index contributed by atoms with van der Waals surface area (Å²) in [6, 6.07) is 12.1.